The van der Waals surface area contributed by atoms with Crippen molar-refractivity contribution in [3.63, 3.8) is 0 Å². The van der Waals surface area contributed by atoms with E-state index in [9.17, 15) is 27.5 Å². The van der Waals surface area contributed by atoms with Crippen LogP contribution in [0.25, 0.3) is 10.4 Å². The van der Waals surface area contributed by atoms with Crippen molar-refractivity contribution in [2.24, 2.45) is 0 Å². The molecular weight excluding hydrogens is 400 g/mol. The van der Waals surface area contributed by atoms with Crippen molar-refractivity contribution < 1.29 is 32.2 Å². The van der Waals surface area contributed by atoms with Gasteiger partial charge in [0.15, 0.2) is 22.4 Å². The average Bonchev–Trinajstić information content (AvgIpc) is 3.11. The average molecular weight is 412 g/mol. The molecule has 5 nitrogen and oxygen atoms in total. The van der Waals surface area contributed by atoms with Crippen LogP contribution in [0.4, 0.5) is 22.7 Å². The van der Waals surface area contributed by atoms with E-state index in [0.29, 0.717) is 10.4 Å². The molecule has 0 spiro atoms. The Bertz CT molecular complexity index is 1020. The Hall–Kier alpha value is -3.14. The van der Waals surface area contributed by atoms with Gasteiger partial charge in [-0.1, -0.05) is 23.5 Å². The Morgan fingerprint density at radius 1 is 1.21 bits per heavy atom. The van der Waals surface area contributed by atoms with E-state index in [1.54, 1.807) is 0 Å². The number of anilines is 1. The van der Waals surface area contributed by atoms with Crippen LogP contribution in [0.15, 0.2) is 42.6 Å². The number of hydrogen-bond donors (Lipinski definition) is 2. The first kappa shape index (κ1) is 19.6. The number of nitrogens with one attached hydrogen (secondary N) is 1. The van der Waals surface area contributed by atoms with Gasteiger partial charge >= 0.3 is 6.18 Å². The Morgan fingerprint density at radius 2 is 1.89 bits per heavy atom. The fraction of sp³-hybridized carbons (Fsp3) is 0.111. The molecule has 0 bridgehead atoms. The zero-order valence-electron chi connectivity index (χ0n) is 14.2. The largest absolute Gasteiger partial charge is 0.502 e. The van der Waals surface area contributed by atoms with Crippen molar-refractivity contribution in [2.75, 3.05) is 12.4 Å². The summed E-state index contributed by atoms with van der Waals surface area (Å²) in [5.74, 6) is -2.62. The van der Waals surface area contributed by atoms with Gasteiger partial charge < -0.3 is 9.84 Å². The van der Waals surface area contributed by atoms with Crippen LogP contribution < -0.4 is 10.1 Å². The third kappa shape index (κ3) is 4.06. The van der Waals surface area contributed by atoms with Gasteiger partial charge in [0.05, 0.1) is 17.6 Å². The molecule has 0 radical (unpaired) electrons. The minimum absolute atomic E-state index is 0.0987. The number of hydrogen-bond acceptors (Lipinski definition) is 5. The van der Waals surface area contributed by atoms with Crippen LogP contribution in [0, 0.1) is 5.82 Å². The molecule has 0 unspecified atom stereocenters. The minimum atomic E-state index is -4.42. The van der Waals surface area contributed by atoms with E-state index in [1.807, 2.05) is 0 Å². The molecule has 0 atom stereocenters. The molecule has 2 N–H and O–H groups in total. The zero-order valence-corrected chi connectivity index (χ0v) is 15.0. The summed E-state index contributed by atoms with van der Waals surface area (Å²) < 4.78 is 56.4. The second-order valence-corrected chi connectivity index (χ2v) is 6.60. The van der Waals surface area contributed by atoms with Gasteiger partial charge in [-0.2, -0.15) is 13.2 Å². The van der Waals surface area contributed by atoms with E-state index in [1.165, 1.54) is 25.4 Å². The maximum Gasteiger partial charge on any atom is 0.416 e. The molecular formula is C18H12F4N2O3S. The first-order valence-electron chi connectivity index (χ1n) is 7.70. The molecule has 0 saturated heterocycles. The number of alkyl halides is 3. The fourth-order valence-electron chi connectivity index (χ4n) is 2.32. The summed E-state index contributed by atoms with van der Waals surface area (Å²) in [4.78, 5) is 16.8. The highest BCUT2D eigenvalue weighted by atomic mass is 32.1. The standard InChI is InChI=1S/C18H12F4N2O3S/c1-27-13-7-10(6-12(19)15(13)25)16(26)24-17-23-8-14(28-17)9-2-4-11(5-3-9)18(20,21)22/h2-8,25H,1H3,(H,23,24,26). The van der Waals surface area contributed by atoms with Crippen LogP contribution in [-0.2, 0) is 6.18 Å². The number of nitrogens with zero attached hydrogens (tertiary/aromatic N) is 1. The quantitative estimate of drug-likeness (QED) is 0.596. The van der Waals surface area contributed by atoms with Crippen LogP contribution in [-0.4, -0.2) is 23.1 Å². The Labute approximate surface area is 160 Å². The van der Waals surface area contributed by atoms with Gasteiger partial charge in [0.2, 0.25) is 0 Å². The number of ether oxygens (including phenoxy) is 1. The summed E-state index contributed by atoms with van der Waals surface area (Å²) in [5.41, 5.74) is -0.362. The summed E-state index contributed by atoms with van der Waals surface area (Å²) >= 11 is 1.04. The van der Waals surface area contributed by atoms with Crippen LogP contribution in [0.1, 0.15) is 15.9 Å². The summed E-state index contributed by atoms with van der Waals surface area (Å²) in [5, 5.41) is 12.1. The number of thiazole rings is 1. The maximum atomic E-state index is 13.7. The number of carbonyl (C=O) groups excluding carboxylic acids is 1. The van der Waals surface area contributed by atoms with Crippen molar-refractivity contribution in [3.05, 3.63) is 59.5 Å². The van der Waals surface area contributed by atoms with E-state index in [2.05, 4.69) is 10.3 Å². The Kier molecular flexibility index (Phi) is 5.23. The fourth-order valence-corrected chi connectivity index (χ4v) is 3.14. The van der Waals surface area contributed by atoms with Crippen molar-refractivity contribution in [3.8, 4) is 21.9 Å². The lowest BCUT2D eigenvalue weighted by molar-refractivity contribution is -0.137. The smallest absolute Gasteiger partial charge is 0.416 e. The molecule has 0 aliphatic heterocycles. The third-order valence-corrected chi connectivity index (χ3v) is 4.70. The summed E-state index contributed by atoms with van der Waals surface area (Å²) in [7, 11) is 1.22. The molecule has 0 aliphatic rings. The number of methoxy groups -OCH3 is 1. The molecule has 0 saturated carbocycles. The first-order valence-corrected chi connectivity index (χ1v) is 8.52. The highest BCUT2D eigenvalue weighted by Gasteiger charge is 2.30. The van der Waals surface area contributed by atoms with Gasteiger partial charge in [0.25, 0.3) is 5.91 Å². The van der Waals surface area contributed by atoms with Crippen LogP contribution in [0.3, 0.4) is 0 Å². The van der Waals surface area contributed by atoms with E-state index in [-0.39, 0.29) is 16.4 Å². The number of benzene rings is 2. The number of amides is 1. The van der Waals surface area contributed by atoms with E-state index in [0.717, 1.165) is 35.6 Å². The molecule has 146 valence electrons. The second-order valence-electron chi connectivity index (χ2n) is 5.57. The van der Waals surface area contributed by atoms with Crippen LogP contribution in [0.2, 0.25) is 0 Å². The third-order valence-electron chi connectivity index (χ3n) is 3.73. The Morgan fingerprint density at radius 3 is 2.50 bits per heavy atom. The second kappa shape index (κ2) is 7.47. The van der Waals surface area contributed by atoms with E-state index >= 15 is 0 Å². The zero-order chi connectivity index (χ0) is 20.5. The summed E-state index contributed by atoms with van der Waals surface area (Å²) in [6.07, 6.45) is -3.02. The van der Waals surface area contributed by atoms with Crippen molar-refractivity contribution in [1.82, 2.24) is 4.98 Å². The molecule has 3 aromatic rings. The lowest BCUT2D eigenvalue weighted by atomic mass is 10.1. The lowest BCUT2D eigenvalue weighted by Gasteiger charge is -2.07. The van der Waals surface area contributed by atoms with Crippen molar-refractivity contribution >= 4 is 22.4 Å². The highest BCUT2D eigenvalue weighted by molar-refractivity contribution is 7.19. The van der Waals surface area contributed by atoms with Crippen LogP contribution in [0.5, 0.6) is 11.5 Å². The number of phenolic OH excluding ortho intramolecular Hbond substituents is 1. The summed E-state index contributed by atoms with van der Waals surface area (Å²) in [6, 6.07) is 6.54. The molecule has 1 heterocycles. The van der Waals surface area contributed by atoms with Crippen molar-refractivity contribution in [2.45, 2.75) is 6.18 Å². The predicted octanol–water partition coefficient (Wildman–Crippen LogP) is 4.93. The number of rotatable bonds is 4. The molecule has 28 heavy (non-hydrogen) atoms. The van der Waals surface area contributed by atoms with Gasteiger partial charge in [-0.3, -0.25) is 10.1 Å². The number of aromatic hydroxyl groups is 1. The van der Waals surface area contributed by atoms with E-state index in [4.69, 9.17) is 4.74 Å². The number of phenols is 1. The van der Waals surface area contributed by atoms with Crippen molar-refractivity contribution in [1.29, 1.82) is 0 Å². The topological polar surface area (TPSA) is 71.5 Å². The maximum absolute atomic E-state index is 13.7. The molecule has 0 aliphatic carbocycles. The monoisotopic (exact) mass is 412 g/mol. The molecule has 1 amide bonds. The van der Waals surface area contributed by atoms with Crippen LogP contribution >= 0.6 is 11.3 Å². The SMILES string of the molecule is COc1cc(C(=O)Nc2ncc(-c3ccc(C(F)(F)F)cc3)s2)cc(F)c1O. The molecule has 0 fully saturated rings. The number of halogens is 4. The van der Waals surface area contributed by atoms with E-state index < -0.39 is 29.2 Å². The van der Waals surface area contributed by atoms with Gasteiger partial charge in [-0.15, -0.1) is 0 Å². The van der Waals surface area contributed by atoms with Gasteiger partial charge in [-0.05, 0) is 29.8 Å². The summed E-state index contributed by atoms with van der Waals surface area (Å²) in [6.45, 7) is 0. The number of aromatic nitrogens is 1. The first-order chi connectivity index (χ1) is 13.2. The van der Waals surface area contributed by atoms with Gasteiger partial charge in [0, 0.05) is 11.8 Å². The van der Waals surface area contributed by atoms with Gasteiger partial charge in [-0.25, -0.2) is 9.37 Å². The Balaban J connectivity index is 1.78. The molecule has 3 rings (SSSR count). The lowest BCUT2D eigenvalue weighted by Crippen LogP contribution is -2.12. The number of carbonyl (C=O) groups is 1. The molecule has 2 aromatic carbocycles. The minimum Gasteiger partial charge on any atom is -0.502 e. The molecule has 10 heteroatoms. The highest BCUT2D eigenvalue weighted by Crippen LogP contribution is 2.34. The van der Waals surface area contributed by atoms with Gasteiger partial charge in [0.1, 0.15) is 0 Å². The normalized spacial score (nSPS) is 11.3. The molecule has 1 aromatic heterocycles. The predicted molar refractivity (Wildman–Crippen MR) is 95.1 cm³/mol.